The molecular weight excluding hydrogens is 288 g/mol. The zero-order valence-electron chi connectivity index (χ0n) is 14.6. The van der Waals surface area contributed by atoms with Gasteiger partial charge >= 0.3 is 6.09 Å². The first-order valence-electron chi connectivity index (χ1n) is 8.68. The molecule has 2 rings (SSSR count). The standard InChI is InChI=1S/C19H30N2O2/c1-19(2,3)23-18(22)21-14-16(17-11-7-8-12-20-17)13-15-9-5-4-6-10-15/h4-6,9-10,16-17,20H,7-8,11-14H2,1-3H3,(H,21,22)/t16-,17+/m0/s1. The van der Waals surface area contributed by atoms with Crippen LogP contribution in [-0.4, -0.2) is 30.8 Å². The van der Waals surface area contributed by atoms with Crippen molar-refractivity contribution in [3.8, 4) is 0 Å². The summed E-state index contributed by atoms with van der Waals surface area (Å²) in [7, 11) is 0. The van der Waals surface area contributed by atoms with Gasteiger partial charge in [0.1, 0.15) is 5.60 Å². The number of benzene rings is 1. The summed E-state index contributed by atoms with van der Waals surface area (Å²) in [5.41, 5.74) is 0.859. The van der Waals surface area contributed by atoms with Crippen molar-refractivity contribution in [2.45, 2.75) is 58.1 Å². The van der Waals surface area contributed by atoms with Gasteiger partial charge in [-0.1, -0.05) is 36.8 Å². The third-order valence-corrected chi connectivity index (χ3v) is 4.17. The van der Waals surface area contributed by atoms with E-state index >= 15 is 0 Å². The molecule has 1 amide bonds. The molecule has 0 aliphatic carbocycles. The molecule has 0 saturated carbocycles. The van der Waals surface area contributed by atoms with Crippen molar-refractivity contribution in [2.75, 3.05) is 13.1 Å². The summed E-state index contributed by atoms with van der Waals surface area (Å²) in [5, 5.41) is 6.57. The first-order valence-corrected chi connectivity index (χ1v) is 8.68. The molecule has 1 aromatic rings. The Bertz CT molecular complexity index is 476. The highest BCUT2D eigenvalue weighted by Gasteiger charge is 2.25. The molecule has 0 spiro atoms. The molecule has 4 nitrogen and oxygen atoms in total. The van der Waals surface area contributed by atoms with Crippen LogP contribution in [0.25, 0.3) is 0 Å². The van der Waals surface area contributed by atoms with Gasteiger partial charge in [0.05, 0.1) is 0 Å². The van der Waals surface area contributed by atoms with E-state index in [-0.39, 0.29) is 6.09 Å². The number of piperidine rings is 1. The molecule has 0 aromatic heterocycles. The van der Waals surface area contributed by atoms with E-state index in [1.807, 2.05) is 26.8 Å². The highest BCUT2D eigenvalue weighted by atomic mass is 16.6. The van der Waals surface area contributed by atoms with Gasteiger partial charge in [-0.2, -0.15) is 0 Å². The fourth-order valence-corrected chi connectivity index (χ4v) is 3.08. The number of carbonyl (C=O) groups is 1. The van der Waals surface area contributed by atoms with Gasteiger partial charge in [-0.15, -0.1) is 0 Å². The van der Waals surface area contributed by atoms with E-state index in [9.17, 15) is 4.79 Å². The molecule has 1 aromatic carbocycles. The molecule has 1 aliphatic heterocycles. The van der Waals surface area contributed by atoms with E-state index in [2.05, 4.69) is 34.9 Å². The van der Waals surface area contributed by atoms with Crippen molar-refractivity contribution in [1.82, 2.24) is 10.6 Å². The summed E-state index contributed by atoms with van der Waals surface area (Å²) >= 11 is 0. The van der Waals surface area contributed by atoms with Crippen LogP contribution in [-0.2, 0) is 11.2 Å². The number of hydrogen-bond acceptors (Lipinski definition) is 3. The molecule has 0 unspecified atom stereocenters. The number of alkyl carbamates (subject to hydrolysis) is 1. The lowest BCUT2D eigenvalue weighted by molar-refractivity contribution is 0.0514. The first kappa shape index (κ1) is 17.8. The van der Waals surface area contributed by atoms with Crippen molar-refractivity contribution in [1.29, 1.82) is 0 Å². The summed E-state index contributed by atoms with van der Waals surface area (Å²) in [6.45, 7) is 7.37. The highest BCUT2D eigenvalue weighted by Crippen LogP contribution is 2.19. The fraction of sp³-hybridized carbons (Fsp3) is 0.632. The van der Waals surface area contributed by atoms with Gasteiger partial charge in [-0.05, 0) is 58.1 Å². The topological polar surface area (TPSA) is 50.4 Å². The Morgan fingerprint density at radius 1 is 1.30 bits per heavy atom. The molecular formula is C19H30N2O2. The van der Waals surface area contributed by atoms with Crippen LogP contribution in [0.4, 0.5) is 4.79 Å². The predicted molar refractivity (Wildman–Crippen MR) is 93.5 cm³/mol. The molecule has 4 heteroatoms. The number of ether oxygens (including phenoxy) is 1. The van der Waals surface area contributed by atoms with Crippen molar-refractivity contribution in [2.24, 2.45) is 5.92 Å². The fourth-order valence-electron chi connectivity index (χ4n) is 3.08. The van der Waals surface area contributed by atoms with E-state index in [1.54, 1.807) is 0 Å². The largest absolute Gasteiger partial charge is 0.444 e. The van der Waals surface area contributed by atoms with Crippen molar-refractivity contribution < 1.29 is 9.53 Å². The van der Waals surface area contributed by atoms with E-state index in [1.165, 1.54) is 24.8 Å². The van der Waals surface area contributed by atoms with Crippen LogP contribution in [0.2, 0.25) is 0 Å². The molecule has 1 heterocycles. The number of hydrogen-bond donors (Lipinski definition) is 2. The molecule has 23 heavy (non-hydrogen) atoms. The van der Waals surface area contributed by atoms with Gasteiger partial charge in [0, 0.05) is 12.6 Å². The van der Waals surface area contributed by atoms with Crippen LogP contribution in [0.3, 0.4) is 0 Å². The lowest BCUT2D eigenvalue weighted by Gasteiger charge is -2.32. The highest BCUT2D eigenvalue weighted by molar-refractivity contribution is 5.67. The Balaban J connectivity index is 1.94. The Labute approximate surface area is 140 Å². The minimum atomic E-state index is -0.456. The quantitative estimate of drug-likeness (QED) is 0.873. The maximum atomic E-state index is 11.9. The average molecular weight is 318 g/mol. The predicted octanol–water partition coefficient (Wildman–Crippen LogP) is 3.51. The summed E-state index contributed by atoms with van der Waals surface area (Å²) in [4.78, 5) is 11.9. The minimum absolute atomic E-state index is 0.327. The van der Waals surface area contributed by atoms with Gasteiger partial charge in [0.25, 0.3) is 0 Å². The van der Waals surface area contributed by atoms with Crippen LogP contribution < -0.4 is 10.6 Å². The second-order valence-electron chi connectivity index (χ2n) is 7.39. The van der Waals surface area contributed by atoms with Crippen molar-refractivity contribution in [3.63, 3.8) is 0 Å². The second kappa shape index (κ2) is 8.34. The van der Waals surface area contributed by atoms with Crippen LogP contribution in [0, 0.1) is 5.92 Å². The Morgan fingerprint density at radius 3 is 2.65 bits per heavy atom. The molecule has 0 radical (unpaired) electrons. The van der Waals surface area contributed by atoms with Crippen molar-refractivity contribution in [3.05, 3.63) is 35.9 Å². The molecule has 128 valence electrons. The third-order valence-electron chi connectivity index (χ3n) is 4.17. The van der Waals surface area contributed by atoms with Gasteiger partial charge in [0.15, 0.2) is 0 Å². The lowest BCUT2D eigenvalue weighted by Crippen LogP contribution is -2.46. The van der Waals surface area contributed by atoms with Crippen LogP contribution in [0.1, 0.15) is 45.6 Å². The van der Waals surface area contributed by atoms with Gasteiger partial charge in [-0.3, -0.25) is 0 Å². The van der Waals surface area contributed by atoms with E-state index in [0.29, 0.717) is 18.5 Å². The van der Waals surface area contributed by atoms with Crippen LogP contribution in [0.15, 0.2) is 30.3 Å². The zero-order valence-corrected chi connectivity index (χ0v) is 14.6. The van der Waals surface area contributed by atoms with Crippen molar-refractivity contribution >= 4 is 6.09 Å². The average Bonchev–Trinajstić information content (AvgIpc) is 2.51. The summed E-state index contributed by atoms with van der Waals surface area (Å²) < 4.78 is 5.36. The van der Waals surface area contributed by atoms with E-state index in [0.717, 1.165) is 13.0 Å². The van der Waals surface area contributed by atoms with E-state index < -0.39 is 5.60 Å². The smallest absolute Gasteiger partial charge is 0.407 e. The maximum absolute atomic E-state index is 11.9. The first-order chi connectivity index (χ1) is 10.9. The van der Waals surface area contributed by atoms with Crippen LogP contribution >= 0.6 is 0 Å². The molecule has 1 fully saturated rings. The van der Waals surface area contributed by atoms with Gasteiger partial charge in [-0.25, -0.2) is 4.79 Å². The normalized spacial score (nSPS) is 19.9. The minimum Gasteiger partial charge on any atom is -0.444 e. The third kappa shape index (κ3) is 6.61. The van der Waals surface area contributed by atoms with E-state index in [4.69, 9.17) is 4.74 Å². The maximum Gasteiger partial charge on any atom is 0.407 e. The monoisotopic (exact) mass is 318 g/mol. The van der Waals surface area contributed by atoms with Gasteiger partial charge < -0.3 is 15.4 Å². The molecule has 2 N–H and O–H groups in total. The Morgan fingerprint density at radius 2 is 2.04 bits per heavy atom. The summed E-state index contributed by atoms with van der Waals surface area (Å²) in [6, 6.07) is 11.0. The molecule has 0 bridgehead atoms. The zero-order chi connectivity index (χ0) is 16.7. The Hall–Kier alpha value is -1.55. The Kier molecular flexibility index (Phi) is 6.46. The lowest BCUT2D eigenvalue weighted by atomic mass is 9.87. The van der Waals surface area contributed by atoms with Gasteiger partial charge in [0.2, 0.25) is 0 Å². The molecule has 2 atom stereocenters. The second-order valence-corrected chi connectivity index (χ2v) is 7.39. The number of nitrogens with one attached hydrogen (secondary N) is 2. The number of amides is 1. The number of rotatable bonds is 5. The summed E-state index contributed by atoms with van der Waals surface area (Å²) in [5.74, 6) is 0.380. The molecule has 1 aliphatic rings. The van der Waals surface area contributed by atoms with Crippen LogP contribution in [0.5, 0.6) is 0 Å². The molecule has 1 saturated heterocycles. The SMILES string of the molecule is CC(C)(C)OC(=O)NC[C@H](Cc1ccccc1)[C@H]1CCCCN1. The summed E-state index contributed by atoms with van der Waals surface area (Å²) in [6.07, 6.45) is 4.32. The number of carbonyl (C=O) groups excluding carboxylic acids is 1.